The smallest absolute Gasteiger partial charge is 0.223 e. The van der Waals surface area contributed by atoms with Gasteiger partial charge in [-0.2, -0.15) is 0 Å². The number of carbonyl (C=O) groups is 1. The molecule has 1 aliphatic heterocycles. The van der Waals surface area contributed by atoms with Gasteiger partial charge in [-0.1, -0.05) is 60.2 Å². The Kier molecular flexibility index (Phi) is 6.99. The Labute approximate surface area is 213 Å². The maximum atomic E-state index is 13.7. The number of amides is 1. The number of hydrogen-bond acceptors (Lipinski definition) is 3. The molecule has 5 nitrogen and oxygen atoms in total. The molecule has 186 valence electrons. The van der Waals surface area contributed by atoms with Gasteiger partial charge in [0.05, 0.1) is 12.8 Å². The lowest BCUT2D eigenvalue weighted by Gasteiger charge is -2.37. The van der Waals surface area contributed by atoms with E-state index in [0.29, 0.717) is 19.5 Å². The molecule has 5 rings (SSSR count). The van der Waals surface area contributed by atoms with E-state index in [0.717, 1.165) is 31.1 Å². The fourth-order valence-electron chi connectivity index (χ4n) is 5.41. The maximum Gasteiger partial charge on any atom is 0.223 e. The molecule has 0 aliphatic carbocycles. The highest BCUT2D eigenvalue weighted by atomic mass is 16.5. The molecule has 0 radical (unpaired) electrons. The first kappa shape index (κ1) is 24.0. The molecular weight excluding hydrogens is 446 g/mol. The molecule has 0 saturated carbocycles. The zero-order chi connectivity index (χ0) is 25.1. The van der Waals surface area contributed by atoms with Crippen molar-refractivity contribution in [1.82, 2.24) is 9.47 Å². The summed E-state index contributed by atoms with van der Waals surface area (Å²) in [5, 5.41) is 1.23. The fourth-order valence-corrected chi connectivity index (χ4v) is 5.41. The number of benzene rings is 3. The van der Waals surface area contributed by atoms with E-state index in [1.807, 2.05) is 23.1 Å². The molecule has 1 fully saturated rings. The van der Waals surface area contributed by atoms with E-state index in [9.17, 15) is 4.79 Å². The van der Waals surface area contributed by atoms with Crippen LogP contribution < -0.4 is 9.64 Å². The summed E-state index contributed by atoms with van der Waals surface area (Å²) >= 11 is 0. The lowest BCUT2D eigenvalue weighted by Crippen LogP contribution is -2.49. The molecule has 1 saturated heterocycles. The summed E-state index contributed by atoms with van der Waals surface area (Å²) < 4.78 is 7.85. The Morgan fingerprint density at radius 3 is 2.33 bits per heavy atom. The lowest BCUT2D eigenvalue weighted by atomic mass is 9.87. The molecule has 1 aliphatic rings. The van der Waals surface area contributed by atoms with E-state index in [4.69, 9.17) is 4.74 Å². The van der Waals surface area contributed by atoms with Crippen LogP contribution in [0.4, 0.5) is 5.69 Å². The SMILES string of the molecule is CCn1cc([C@@H](CC(=O)N2CCN(c3ccccc3OC)CC2)c2ccc(C)cc2)c2ccccc21. The van der Waals surface area contributed by atoms with E-state index in [1.165, 1.54) is 27.6 Å². The van der Waals surface area contributed by atoms with Crippen LogP contribution in [-0.2, 0) is 11.3 Å². The van der Waals surface area contributed by atoms with Gasteiger partial charge >= 0.3 is 0 Å². The zero-order valence-corrected chi connectivity index (χ0v) is 21.5. The molecule has 1 atom stereocenters. The number of fused-ring (bicyclic) bond motifs is 1. The molecule has 2 heterocycles. The zero-order valence-electron chi connectivity index (χ0n) is 21.5. The summed E-state index contributed by atoms with van der Waals surface area (Å²) in [6, 6.07) is 25.3. The van der Waals surface area contributed by atoms with Crippen molar-refractivity contribution < 1.29 is 9.53 Å². The van der Waals surface area contributed by atoms with Crippen LogP contribution in [0.25, 0.3) is 10.9 Å². The minimum absolute atomic E-state index is 0.0167. The topological polar surface area (TPSA) is 37.7 Å². The Balaban J connectivity index is 1.39. The van der Waals surface area contributed by atoms with Crippen molar-refractivity contribution >= 4 is 22.5 Å². The summed E-state index contributed by atoms with van der Waals surface area (Å²) in [7, 11) is 1.71. The van der Waals surface area contributed by atoms with Gasteiger partial charge in [0, 0.05) is 62.2 Å². The van der Waals surface area contributed by atoms with Crippen LogP contribution in [0.2, 0.25) is 0 Å². The fraction of sp³-hybridized carbons (Fsp3) is 0.323. The number of rotatable bonds is 7. The molecule has 0 bridgehead atoms. The van der Waals surface area contributed by atoms with Crippen molar-refractivity contribution in [2.45, 2.75) is 32.7 Å². The highest BCUT2D eigenvalue weighted by Crippen LogP contribution is 2.36. The number of ether oxygens (including phenoxy) is 1. The average molecular weight is 482 g/mol. The summed E-state index contributed by atoms with van der Waals surface area (Å²) in [6.45, 7) is 8.22. The van der Waals surface area contributed by atoms with Crippen LogP contribution >= 0.6 is 0 Å². The van der Waals surface area contributed by atoms with Crippen LogP contribution in [0, 0.1) is 6.92 Å². The number of carbonyl (C=O) groups excluding carboxylic acids is 1. The van der Waals surface area contributed by atoms with E-state index in [1.54, 1.807) is 7.11 Å². The Bertz CT molecular complexity index is 1330. The minimum atomic E-state index is 0.0167. The molecule has 5 heteroatoms. The molecule has 3 aromatic carbocycles. The third-order valence-electron chi connectivity index (χ3n) is 7.45. The number of aromatic nitrogens is 1. The van der Waals surface area contributed by atoms with E-state index < -0.39 is 0 Å². The van der Waals surface area contributed by atoms with Gasteiger partial charge < -0.3 is 19.1 Å². The number of aryl methyl sites for hydroxylation is 2. The number of nitrogens with zero attached hydrogens (tertiary/aromatic N) is 3. The van der Waals surface area contributed by atoms with E-state index >= 15 is 0 Å². The van der Waals surface area contributed by atoms with Crippen molar-refractivity contribution in [3.63, 3.8) is 0 Å². The molecule has 1 amide bonds. The van der Waals surface area contributed by atoms with Gasteiger partial charge in [0.15, 0.2) is 0 Å². The quantitative estimate of drug-likeness (QED) is 0.332. The van der Waals surface area contributed by atoms with Gasteiger partial charge in [0.1, 0.15) is 5.75 Å². The monoisotopic (exact) mass is 481 g/mol. The first-order valence-electron chi connectivity index (χ1n) is 12.9. The van der Waals surface area contributed by atoms with Crippen molar-refractivity contribution in [3.8, 4) is 5.75 Å². The molecule has 36 heavy (non-hydrogen) atoms. The van der Waals surface area contributed by atoms with Crippen LogP contribution in [0.5, 0.6) is 5.75 Å². The first-order chi connectivity index (χ1) is 17.6. The Hall–Kier alpha value is -3.73. The highest BCUT2D eigenvalue weighted by molar-refractivity contribution is 5.87. The third-order valence-corrected chi connectivity index (χ3v) is 7.45. The van der Waals surface area contributed by atoms with Crippen molar-refractivity contribution in [2.24, 2.45) is 0 Å². The molecule has 4 aromatic rings. The summed E-state index contributed by atoms with van der Waals surface area (Å²) in [5.74, 6) is 1.11. The standard InChI is InChI=1S/C31H35N3O2/c1-4-32-22-27(25-9-5-6-10-28(25)32)26(24-15-13-23(2)14-16-24)21-31(35)34-19-17-33(18-20-34)29-11-7-8-12-30(29)36-3/h5-16,22,26H,4,17-21H2,1-3H3/t26-/m0/s1. The van der Waals surface area contributed by atoms with Gasteiger partial charge in [0.25, 0.3) is 0 Å². The third kappa shape index (κ3) is 4.70. The van der Waals surface area contributed by atoms with Crippen LogP contribution in [0.1, 0.15) is 36.0 Å². The Morgan fingerprint density at radius 1 is 0.917 bits per heavy atom. The number of para-hydroxylation sites is 3. The minimum Gasteiger partial charge on any atom is -0.495 e. The van der Waals surface area contributed by atoms with Gasteiger partial charge in [-0.25, -0.2) is 0 Å². The molecule has 0 N–H and O–H groups in total. The number of piperazine rings is 1. The summed E-state index contributed by atoms with van der Waals surface area (Å²) in [4.78, 5) is 18.0. The molecule has 0 unspecified atom stereocenters. The van der Waals surface area contributed by atoms with Crippen LogP contribution in [0.3, 0.4) is 0 Å². The van der Waals surface area contributed by atoms with Gasteiger partial charge in [-0.15, -0.1) is 0 Å². The maximum absolute atomic E-state index is 13.7. The van der Waals surface area contributed by atoms with Gasteiger partial charge in [0.2, 0.25) is 5.91 Å². The first-order valence-corrected chi connectivity index (χ1v) is 12.9. The summed E-state index contributed by atoms with van der Waals surface area (Å²) in [5.41, 5.74) is 5.98. The van der Waals surface area contributed by atoms with E-state index in [2.05, 4.69) is 84.1 Å². The summed E-state index contributed by atoms with van der Waals surface area (Å²) in [6.07, 6.45) is 2.72. The second-order valence-electron chi connectivity index (χ2n) is 9.59. The van der Waals surface area contributed by atoms with Crippen LogP contribution in [0.15, 0.2) is 79.0 Å². The largest absolute Gasteiger partial charge is 0.495 e. The van der Waals surface area contributed by atoms with Crippen molar-refractivity contribution in [3.05, 3.63) is 95.7 Å². The Morgan fingerprint density at radius 2 is 1.61 bits per heavy atom. The second kappa shape index (κ2) is 10.5. The molecular formula is C31H35N3O2. The number of hydrogen-bond donors (Lipinski definition) is 0. The average Bonchev–Trinajstić information content (AvgIpc) is 3.31. The van der Waals surface area contributed by atoms with E-state index in [-0.39, 0.29) is 11.8 Å². The highest BCUT2D eigenvalue weighted by Gasteiger charge is 2.28. The predicted molar refractivity (Wildman–Crippen MR) is 147 cm³/mol. The van der Waals surface area contributed by atoms with Crippen molar-refractivity contribution in [2.75, 3.05) is 38.2 Å². The normalized spacial score (nSPS) is 14.8. The van der Waals surface area contributed by atoms with Crippen molar-refractivity contribution in [1.29, 1.82) is 0 Å². The molecule has 1 aromatic heterocycles. The second-order valence-corrected chi connectivity index (χ2v) is 9.59. The molecule has 0 spiro atoms. The number of methoxy groups -OCH3 is 1. The number of anilines is 1. The lowest BCUT2D eigenvalue weighted by molar-refractivity contribution is -0.131. The van der Waals surface area contributed by atoms with Crippen LogP contribution in [-0.4, -0.2) is 48.7 Å². The van der Waals surface area contributed by atoms with Gasteiger partial charge in [-0.05, 0) is 43.2 Å². The predicted octanol–water partition coefficient (Wildman–Crippen LogP) is 5.85. The van der Waals surface area contributed by atoms with Gasteiger partial charge in [-0.3, -0.25) is 4.79 Å².